The Morgan fingerprint density at radius 2 is 2.03 bits per heavy atom. The van der Waals surface area contributed by atoms with Crippen LogP contribution in [0.4, 0.5) is 11.5 Å². The number of nitro groups is 1. The van der Waals surface area contributed by atoms with Crippen molar-refractivity contribution in [3.05, 3.63) is 52.6 Å². The molecule has 1 aromatic carbocycles. The lowest BCUT2D eigenvalue weighted by atomic mass is 10.0. The summed E-state index contributed by atoms with van der Waals surface area (Å²) in [5.41, 5.74) is 7.54. The highest BCUT2D eigenvalue weighted by Crippen LogP contribution is 2.32. The number of hydrogen-bond acceptors (Lipinski definition) is 11. The normalized spacial score (nSPS) is 22.8. The minimum Gasteiger partial charge on any atom is -0.394 e. The molecule has 4 rings (SSSR count). The van der Waals surface area contributed by atoms with Crippen LogP contribution in [0, 0.1) is 10.1 Å². The number of amides is 1. The van der Waals surface area contributed by atoms with Crippen LogP contribution in [0.15, 0.2) is 36.9 Å². The van der Waals surface area contributed by atoms with Gasteiger partial charge in [-0.05, 0) is 12.0 Å². The van der Waals surface area contributed by atoms with Crippen LogP contribution in [0.5, 0.6) is 0 Å². The standard InChI is InChI=1S/C21H26N8O6/c1-27(2)18-16-19(24-9-23-18)28(10-25-16)21-17(31)15(14(8-30)35-21)26-20(32)13(22)7-11-3-5-12(6-4-11)29(33)34/h3-6,9-10,13-15,17,21,30-31H,7-8,22H2,1-2H3,(H,26,32). The lowest BCUT2D eigenvalue weighted by Gasteiger charge is -2.23. The van der Waals surface area contributed by atoms with Gasteiger partial charge >= 0.3 is 0 Å². The Hall–Kier alpha value is -3.72. The Labute approximate surface area is 199 Å². The second-order valence-electron chi connectivity index (χ2n) is 8.42. The van der Waals surface area contributed by atoms with Crippen molar-refractivity contribution < 1.29 is 24.7 Å². The predicted molar refractivity (Wildman–Crippen MR) is 123 cm³/mol. The highest BCUT2D eigenvalue weighted by atomic mass is 16.6. The Morgan fingerprint density at radius 1 is 1.31 bits per heavy atom. The topological polar surface area (TPSA) is 195 Å². The summed E-state index contributed by atoms with van der Waals surface area (Å²) in [5.74, 6) is 0.0184. The summed E-state index contributed by atoms with van der Waals surface area (Å²) in [6.07, 6.45) is -0.165. The number of benzene rings is 1. The van der Waals surface area contributed by atoms with Gasteiger partial charge in [-0.25, -0.2) is 15.0 Å². The first-order valence-electron chi connectivity index (χ1n) is 10.8. The minimum absolute atomic E-state index is 0.0650. The molecule has 14 nitrogen and oxygen atoms in total. The monoisotopic (exact) mass is 486 g/mol. The van der Waals surface area contributed by atoms with Gasteiger partial charge in [-0.3, -0.25) is 19.5 Å². The van der Waals surface area contributed by atoms with Gasteiger partial charge in [-0.1, -0.05) is 12.1 Å². The maximum atomic E-state index is 12.8. The minimum atomic E-state index is -1.24. The zero-order valence-corrected chi connectivity index (χ0v) is 19.1. The molecule has 1 aliphatic rings. The number of nitrogens with one attached hydrogen (secondary N) is 1. The Morgan fingerprint density at radius 3 is 2.66 bits per heavy atom. The van der Waals surface area contributed by atoms with Crippen LogP contribution >= 0.6 is 0 Å². The lowest BCUT2D eigenvalue weighted by Crippen LogP contribution is -2.53. The molecular formula is C21H26N8O6. The van der Waals surface area contributed by atoms with Crippen LogP contribution in [-0.2, 0) is 16.0 Å². The molecular weight excluding hydrogens is 460 g/mol. The van der Waals surface area contributed by atoms with E-state index >= 15 is 0 Å². The summed E-state index contributed by atoms with van der Waals surface area (Å²) in [7, 11) is 3.63. The van der Waals surface area contributed by atoms with E-state index in [0.29, 0.717) is 22.5 Å². The van der Waals surface area contributed by atoms with Crippen molar-refractivity contribution in [3.63, 3.8) is 0 Å². The van der Waals surface area contributed by atoms with Crippen molar-refractivity contribution in [3.8, 4) is 0 Å². The van der Waals surface area contributed by atoms with Crippen LogP contribution in [-0.4, -0.2) is 85.6 Å². The van der Waals surface area contributed by atoms with E-state index in [2.05, 4.69) is 20.3 Å². The number of rotatable bonds is 8. The summed E-state index contributed by atoms with van der Waals surface area (Å²) >= 11 is 0. The Bertz CT molecular complexity index is 1220. The molecule has 1 saturated heterocycles. The number of nitrogens with zero attached hydrogens (tertiary/aromatic N) is 6. The number of nitro benzene ring substituents is 1. The number of non-ortho nitro benzene ring substituents is 1. The van der Waals surface area contributed by atoms with E-state index < -0.39 is 48.0 Å². The zero-order valence-electron chi connectivity index (χ0n) is 19.1. The van der Waals surface area contributed by atoms with E-state index in [4.69, 9.17) is 10.5 Å². The summed E-state index contributed by atoms with van der Waals surface area (Å²) < 4.78 is 7.38. The van der Waals surface area contributed by atoms with Gasteiger partial charge in [0.15, 0.2) is 23.2 Å². The van der Waals surface area contributed by atoms with Crippen LogP contribution < -0.4 is 16.0 Å². The average Bonchev–Trinajstić information content (AvgIpc) is 3.40. The maximum absolute atomic E-state index is 12.8. The number of aliphatic hydroxyl groups is 2. The van der Waals surface area contributed by atoms with E-state index in [1.807, 2.05) is 14.1 Å². The molecule has 35 heavy (non-hydrogen) atoms. The van der Waals surface area contributed by atoms with Gasteiger partial charge in [-0.2, -0.15) is 0 Å². The van der Waals surface area contributed by atoms with Gasteiger partial charge in [-0.15, -0.1) is 0 Å². The average molecular weight is 486 g/mol. The van der Waals surface area contributed by atoms with E-state index in [1.54, 1.807) is 4.90 Å². The molecule has 3 aromatic rings. The Kier molecular flexibility index (Phi) is 6.88. The van der Waals surface area contributed by atoms with Crippen molar-refractivity contribution >= 4 is 28.6 Å². The van der Waals surface area contributed by atoms with Gasteiger partial charge < -0.3 is 30.9 Å². The zero-order chi connectivity index (χ0) is 25.3. The quantitative estimate of drug-likeness (QED) is 0.228. The number of ether oxygens (including phenoxy) is 1. The van der Waals surface area contributed by atoms with Gasteiger partial charge in [0.25, 0.3) is 5.69 Å². The number of aromatic nitrogens is 4. The highest BCUT2D eigenvalue weighted by molar-refractivity contribution is 5.83. The molecule has 0 spiro atoms. The summed E-state index contributed by atoms with van der Waals surface area (Å²) in [5, 5.41) is 34.3. The first kappa shape index (κ1) is 24.4. The van der Waals surface area contributed by atoms with E-state index in [-0.39, 0.29) is 12.1 Å². The second-order valence-corrected chi connectivity index (χ2v) is 8.42. The fraction of sp³-hybridized carbons (Fsp3) is 0.429. The molecule has 1 aliphatic heterocycles. The smallest absolute Gasteiger partial charge is 0.269 e. The van der Waals surface area contributed by atoms with Crippen molar-refractivity contribution in [2.75, 3.05) is 25.6 Å². The third kappa shape index (κ3) is 4.77. The number of carbonyl (C=O) groups excluding carboxylic acids is 1. The van der Waals surface area contributed by atoms with Crippen LogP contribution in [0.2, 0.25) is 0 Å². The van der Waals surface area contributed by atoms with Crippen molar-refractivity contribution in [1.29, 1.82) is 0 Å². The number of fused-ring (bicyclic) bond motifs is 1. The molecule has 3 heterocycles. The van der Waals surface area contributed by atoms with Crippen molar-refractivity contribution in [1.82, 2.24) is 24.8 Å². The number of nitrogens with two attached hydrogens (primary N) is 1. The van der Waals surface area contributed by atoms with Crippen molar-refractivity contribution in [2.45, 2.75) is 36.9 Å². The van der Waals surface area contributed by atoms with E-state index in [0.717, 1.165) is 0 Å². The maximum Gasteiger partial charge on any atom is 0.269 e. The summed E-state index contributed by atoms with van der Waals surface area (Å²) in [6, 6.07) is 3.78. The van der Waals surface area contributed by atoms with Crippen LogP contribution in [0.3, 0.4) is 0 Å². The lowest BCUT2D eigenvalue weighted by molar-refractivity contribution is -0.384. The molecule has 5 unspecified atom stereocenters. The summed E-state index contributed by atoms with van der Waals surface area (Å²) in [6.45, 7) is -0.458. The third-order valence-electron chi connectivity index (χ3n) is 5.84. The summed E-state index contributed by atoms with van der Waals surface area (Å²) in [4.78, 5) is 37.6. The largest absolute Gasteiger partial charge is 0.394 e. The molecule has 0 aliphatic carbocycles. The Balaban J connectivity index is 1.48. The molecule has 0 bridgehead atoms. The molecule has 5 N–H and O–H groups in total. The number of carbonyl (C=O) groups is 1. The second kappa shape index (κ2) is 9.87. The fourth-order valence-electron chi connectivity index (χ4n) is 4.03. The number of imidazole rings is 1. The van der Waals surface area contributed by atoms with Crippen molar-refractivity contribution in [2.24, 2.45) is 5.73 Å². The molecule has 5 atom stereocenters. The third-order valence-corrected chi connectivity index (χ3v) is 5.84. The fourth-order valence-corrected chi connectivity index (χ4v) is 4.03. The van der Waals surface area contributed by atoms with Crippen LogP contribution in [0.25, 0.3) is 11.2 Å². The molecule has 1 amide bonds. The molecule has 0 radical (unpaired) electrons. The predicted octanol–water partition coefficient (Wildman–Crippen LogP) is -0.894. The highest BCUT2D eigenvalue weighted by Gasteiger charge is 2.46. The first-order valence-corrected chi connectivity index (χ1v) is 10.8. The van der Waals surface area contributed by atoms with E-state index in [1.165, 1.54) is 41.5 Å². The SMILES string of the molecule is CN(C)c1ncnc2c1ncn2C1OC(CO)C(NC(=O)C(N)Cc2ccc([N+](=O)[O-])cc2)C1O. The van der Waals surface area contributed by atoms with Gasteiger partial charge in [0.2, 0.25) is 5.91 Å². The molecule has 0 saturated carbocycles. The molecule has 1 fully saturated rings. The number of aliphatic hydroxyl groups excluding tert-OH is 2. The van der Waals surface area contributed by atoms with Gasteiger partial charge in [0.1, 0.15) is 18.5 Å². The van der Waals surface area contributed by atoms with Gasteiger partial charge in [0, 0.05) is 26.2 Å². The number of anilines is 1. The molecule has 186 valence electrons. The number of hydrogen-bond donors (Lipinski definition) is 4. The molecule has 2 aromatic heterocycles. The molecule has 14 heteroatoms. The van der Waals surface area contributed by atoms with Gasteiger partial charge in [0.05, 0.1) is 29.9 Å². The van der Waals surface area contributed by atoms with Crippen LogP contribution in [0.1, 0.15) is 11.8 Å². The first-order chi connectivity index (χ1) is 16.7. The van der Waals surface area contributed by atoms with E-state index in [9.17, 15) is 25.1 Å².